The van der Waals surface area contributed by atoms with Gasteiger partial charge in [-0.3, -0.25) is 14.6 Å². The topological polar surface area (TPSA) is 96.6 Å². The van der Waals surface area contributed by atoms with Crippen molar-refractivity contribution in [1.29, 1.82) is 0 Å². The Morgan fingerprint density at radius 1 is 1.33 bits per heavy atom. The zero-order chi connectivity index (χ0) is 19.6. The third-order valence-electron chi connectivity index (χ3n) is 3.63. The maximum absolute atomic E-state index is 14.2. The number of carbonyl (C=O) groups is 1. The minimum atomic E-state index is -0.832. The Kier molecular flexibility index (Phi) is 5.33. The summed E-state index contributed by atoms with van der Waals surface area (Å²) in [5.74, 6) is -2.47. The SMILES string of the molecule is Cc1ccc(Nc2c(C(=O)NOCC(C)O)oc3c(F)cncc23)c(F)c1. The van der Waals surface area contributed by atoms with Gasteiger partial charge in [0.25, 0.3) is 0 Å². The number of carbonyl (C=O) groups excluding carboxylic acids is 1. The third kappa shape index (κ3) is 4.04. The molecule has 0 aliphatic rings. The van der Waals surface area contributed by atoms with E-state index in [9.17, 15) is 18.7 Å². The standard InChI is InChI=1S/C18H17F2N3O4/c1-9-3-4-14(12(19)5-9)22-15-11-6-21-7-13(20)16(11)27-17(15)18(25)23-26-8-10(2)24/h3-7,10,22,24H,8H2,1-2H3,(H,23,25). The van der Waals surface area contributed by atoms with Crippen LogP contribution in [0.3, 0.4) is 0 Å². The van der Waals surface area contributed by atoms with Crippen molar-refractivity contribution >= 4 is 28.3 Å². The second kappa shape index (κ2) is 7.68. The van der Waals surface area contributed by atoms with Crippen LogP contribution in [0, 0.1) is 18.6 Å². The molecule has 1 unspecified atom stereocenters. The van der Waals surface area contributed by atoms with E-state index in [0.717, 1.165) is 6.20 Å². The lowest BCUT2D eigenvalue weighted by Gasteiger charge is -2.10. The molecule has 2 aromatic heterocycles. The molecule has 0 spiro atoms. The number of amides is 1. The highest BCUT2D eigenvalue weighted by molar-refractivity contribution is 6.06. The number of nitrogens with one attached hydrogen (secondary N) is 2. The Labute approximate surface area is 152 Å². The number of hydrogen-bond donors (Lipinski definition) is 3. The zero-order valence-corrected chi connectivity index (χ0v) is 14.5. The fourth-order valence-corrected chi connectivity index (χ4v) is 2.39. The Morgan fingerprint density at radius 2 is 2.11 bits per heavy atom. The summed E-state index contributed by atoms with van der Waals surface area (Å²) in [6.45, 7) is 3.05. The zero-order valence-electron chi connectivity index (χ0n) is 14.5. The molecule has 2 heterocycles. The van der Waals surface area contributed by atoms with Crippen LogP contribution in [0.25, 0.3) is 11.0 Å². The summed E-state index contributed by atoms with van der Waals surface area (Å²) >= 11 is 0. The maximum Gasteiger partial charge on any atom is 0.312 e. The summed E-state index contributed by atoms with van der Waals surface area (Å²) in [7, 11) is 0. The van der Waals surface area contributed by atoms with E-state index in [0.29, 0.717) is 5.56 Å². The number of hydrogen-bond acceptors (Lipinski definition) is 6. The average Bonchev–Trinajstić information content (AvgIpc) is 2.97. The number of rotatable bonds is 6. The molecule has 9 heteroatoms. The molecule has 3 aromatic rings. The molecular weight excluding hydrogens is 360 g/mol. The number of anilines is 2. The Morgan fingerprint density at radius 3 is 2.81 bits per heavy atom. The number of pyridine rings is 1. The molecule has 3 N–H and O–H groups in total. The highest BCUT2D eigenvalue weighted by atomic mass is 19.1. The predicted molar refractivity (Wildman–Crippen MR) is 93.5 cm³/mol. The molecule has 1 amide bonds. The molecule has 0 saturated heterocycles. The van der Waals surface area contributed by atoms with Crippen LogP contribution in [0.5, 0.6) is 0 Å². The number of aromatic nitrogens is 1. The summed E-state index contributed by atoms with van der Waals surface area (Å²) < 4.78 is 33.6. The number of furan rings is 1. The molecule has 1 atom stereocenters. The first-order chi connectivity index (χ1) is 12.9. The van der Waals surface area contributed by atoms with Gasteiger partial charge < -0.3 is 14.8 Å². The third-order valence-corrected chi connectivity index (χ3v) is 3.63. The molecule has 3 rings (SSSR count). The highest BCUT2D eigenvalue weighted by Crippen LogP contribution is 2.34. The largest absolute Gasteiger partial charge is 0.445 e. The van der Waals surface area contributed by atoms with E-state index in [4.69, 9.17) is 9.25 Å². The lowest BCUT2D eigenvalue weighted by molar-refractivity contribution is -0.00800. The van der Waals surface area contributed by atoms with Crippen LogP contribution in [-0.2, 0) is 4.84 Å². The second-order valence-electron chi connectivity index (χ2n) is 6.00. The number of aliphatic hydroxyl groups is 1. The minimum absolute atomic E-state index is 0.0397. The lowest BCUT2D eigenvalue weighted by atomic mass is 10.2. The van der Waals surface area contributed by atoms with Crippen LogP contribution in [0.15, 0.2) is 35.0 Å². The normalized spacial score (nSPS) is 12.2. The van der Waals surface area contributed by atoms with Crippen molar-refractivity contribution in [2.45, 2.75) is 20.0 Å². The molecule has 0 aliphatic heterocycles. The van der Waals surface area contributed by atoms with Gasteiger partial charge in [0, 0.05) is 6.20 Å². The Hall–Kier alpha value is -3.04. The van der Waals surface area contributed by atoms with Crippen molar-refractivity contribution in [1.82, 2.24) is 10.5 Å². The fourth-order valence-electron chi connectivity index (χ4n) is 2.39. The molecular formula is C18H17F2N3O4. The van der Waals surface area contributed by atoms with E-state index in [2.05, 4.69) is 15.8 Å². The molecule has 0 aliphatic carbocycles. The van der Waals surface area contributed by atoms with Crippen LogP contribution in [0.4, 0.5) is 20.2 Å². The number of aryl methyl sites for hydroxylation is 1. The van der Waals surface area contributed by atoms with Crippen LogP contribution in [0.1, 0.15) is 23.0 Å². The lowest BCUT2D eigenvalue weighted by Crippen LogP contribution is -2.27. The molecule has 0 fully saturated rings. The highest BCUT2D eigenvalue weighted by Gasteiger charge is 2.24. The van der Waals surface area contributed by atoms with E-state index in [-0.39, 0.29) is 34.7 Å². The van der Waals surface area contributed by atoms with Gasteiger partial charge in [-0.15, -0.1) is 0 Å². The van der Waals surface area contributed by atoms with Gasteiger partial charge in [0.2, 0.25) is 5.76 Å². The van der Waals surface area contributed by atoms with Gasteiger partial charge in [0.05, 0.1) is 23.4 Å². The van der Waals surface area contributed by atoms with Crippen molar-refractivity contribution in [3.05, 3.63) is 53.6 Å². The summed E-state index contributed by atoms with van der Waals surface area (Å²) in [4.78, 5) is 21.0. The molecule has 27 heavy (non-hydrogen) atoms. The molecule has 142 valence electrons. The van der Waals surface area contributed by atoms with Crippen molar-refractivity contribution in [3.8, 4) is 0 Å². The van der Waals surface area contributed by atoms with Crippen LogP contribution < -0.4 is 10.8 Å². The summed E-state index contributed by atoms with van der Waals surface area (Å²) in [6, 6.07) is 4.48. The van der Waals surface area contributed by atoms with Crippen LogP contribution in [-0.4, -0.2) is 28.7 Å². The van der Waals surface area contributed by atoms with Gasteiger partial charge in [-0.25, -0.2) is 14.3 Å². The van der Waals surface area contributed by atoms with E-state index < -0.39 is 23.6 Å². The van der Waals surface area contributed by atoms with Crippen molar-refractivity contribution in [3.63, 3.8) is 0 Å². The minimum Gasteiger partial charge on any atom is -0.445 e. The van der Waals surface area contributed by atoms with Crippen molar-refractivity contribution in [2.24, 2.45) is 0 Å². The molecule has 0 bridgehead atoms. The molecule has 7 nitrogen and oxygen atoms in total. The summed E-state index contributed by atoms with van der Waals surface area (Å²) in [5.41, 5.74) is 2.71. The first-order valence-electron chi connectivity index (χ1n) is 8.06. The van der Waals surface area contributed by atoms with Crippen LogP contribution in [0.2, 0.25) is 0 Å². The molecule has 1 aromatic carbocycles. The Balaban J connectivity index is 2.00. The number of aliphatic hydroxyl groups excluding tert-OH is 1. The predicted octanol–water partition coefficient (Wildman–Crippen LogP) is 3.20. The van der Waals surface area contributed by atoms with E-state index in [1.54, 1.807) is 13.0 Å². The summed E-state index contributed by atoms with van der Waals surface area (Å²) in [5, 5.41) is 12.1. The quantitative estimate of drug-likeness (QED) is 0.571. The number of hydroxylamine groups is 1. The van der Waals surface area contributed by atoms with Gasteiger partial charge >= 0.3 is 5.91 Å². The van der Waals surface area contributed by atoms with Crippen molar-refractivity contribution < 1.29 is 27.9 Å². The smallest absolute Gasteiger partial charge is 0.312 e. The fraction of sp³-hybridized carbons (Fsp3) is 0.222. The number of benzene rings is 1. The van der Waals surface area contributed by atoms with E-state index in [1.807, 2.05) is 0 Å². The van der Waals surface area contributed by atoms with Crippen molar-refractivity contribution in [2.75, 3.05) is 11.9 Å². The van der Waals surface area contributed by atoms with Gasteiger partial charge in [0.1, 0.15) is 18.1 Å². The number of fused-ring (bicyclic) bond motifs is 1. The second-order valence-corrected chi connectivity index (χ2v) is 6.00. The van der Waals surface area contributed by atoms with Crippen LogP contribution >= 0.6 is 0 Å². The first kappa shape index (κ1) is 18.7. The first-order valence-corrected chi connectivity index (χ1v) is 8.06. The van der Waals surface area contributed by atoms with Gasteiger partial charge in [-0.2, -0.15) is 0 Å². The van der Waals surface area contributed by atoms with E-state index in [1.165, 1.54) is 25.3 Å². The molecule has 0 saturated carbocycles. The van der Waals surface area contributed by atoms with Gasteiger partial charge in [-0.05, 0) is 31.5 Å². The average molecular weight is 377 g/mol. The Bertz CT molecular complexity index is 988. The maximum atomic E-state index is 14.2. The number of nitrogens with zero attached hydrogens (tertiary/aromatic N) is 1. The van der Waals surface area contributed by atoms with Gasteiger partial charge in [0.15, 0.2) is 11.4 Å². The number of halogens is 2. The van der Waals surface area contributed by atoms with E-state index >= 15 is 0 Å². The summed E-state index contributed by atoms with van der Waals surface area (Å²) in [6.07, 6.45) is 1.43. The monoisotopic (exact) mass is 377 g/mol. The molecule has 0 radical (unpaired) electrons. The van der Waals surface area contributed by atoms with Gasteiger partial charge in [-0.1, -0.05) is 6.07 Å².